The van der Waals surface area contributed by atoms with Crippen molar-refractivity contribution in [1.82, 2.24) is 0 Å². The monoisotopic (exact) mass is 658 g/mol. The molecule has 0 bridgehead atoms. The zero-order valence-electron chi connectivity index (χ0n) is 26.7. The summed E-state index contributed by atoms with van der Waals surface area (Å²) in [4.78, 5) is 2.23. The van der Waals surface area contributed by atoms with Crippen molar-refractivity contribution in [1.29, 1.82) is 0 Å². The molecule has 0 fully saturated rings. The molecule has 4 nitrogen and oxygen atoms in total. The molecule has 0 atom stereocenters. The second-order valence-corrected chi connectivity index (χ2v) is 16.6. The minimum absolute atomic E-state index is 0.0603. The third kappa shape index (κ3) is 7.05. The van der Waals surface area contributed by atoms with Gasteiger partial charge in [0, 0.05) is 15.7 Å². The Hall–Kier alpha value is -4.62. The largest absolute Gasteiger partial charge is 0.487 e. The molecular formula is C41H38O4S2. The fraction of sp³-hybridized carbons (Fsp3) is 0.122. The molecule has 0 amide bonds. The van der Waals surface area contributed by atoms with Crippen molar-refractivity contribution < 1.29 is 16.8 Å². The molecule has 0 aliphatic carbocycles. The molecule has 0 spiro atoms. The molecule has 0 aliphatic rings. The van der Waals surface area contributed by atoms with Gasteiger partial charge in [0.05, 0.1) is 9.79 Å². The summed E-state index contributed by atoms with van der Waals surface area (Å²) >= 11 is 0. The van der Waals surface area contributed by atoms with Crippen LogP contribution in [0.2, 0.25) is 0 Å². The molecule has 0 radical (unpaired) electrons. The Bertz CT molecular complexity index is 1930. The lowest BCUT2D eigenvalue weighted by Gasteiger charge is -2.40. The molecule has 47 heavy (non-hydrogen) atoms. The summed E-state index contributed by atoms with van der Waals surface area (Å²) in [6.45, 7) is 5.93. The van der Waals surface area contributed by atoms with Crippen LogP contribution < -0.4 is 4.74 Å². The number of hydrogen-bond acceptors (Lipinski definition) is 4. The van der Waals surface area contributed by atoms with E-state index in [4.69, 9.17) is 8.37 Å². The van der Waals surface area contributed by atoms with E-state index in [1.807, 2.05) is 154 Å². The standard InChI is InChI=1S/C41H38O4S2/c1-41(2,3)44-38-26-16-17-27-39(38)46(35-22-12-6-13-23-35,36-24-14-7-15-25-36)45-47(42,43)37-30-28-34(29-31-37)40(32-18-8-4-9-19-32)33-20-10-5-11-21-33/h4-31,40H,1-3H3. The van der Waals surface area contributed by atoms with Gasteiger partial charge in [0.1, 0.15) is 11.4 Å². The molecule has 6 rings (SSSR count). The van der Waals surface area contributed by atoms with Gasteiger partial charge in [-0.15, -0.1) is 0 Å². The predicted molar refractivity (Wildman–Crippen MR) is 191 cm³/mol. The van der Waals surface area contributed by atoms with Crippen LogP contribution in [0.1, 0.15) is 43.4 Å². The van der Waals surface area contributed by atoms with E-state index in [0.717, 1.165) is 26.5 Å². The van der Waals surface area contributed by atoms with Gasteiger partial charge in [0.2, 0.25) is 0 Å². The highest BCUT2D eigenvalue weighted by molar-refractivity contribution is 8.33. The van der Waals surface area contributed by atoms with Crippen molar-refractivity contribution >= 4 is 20.4 Å². The first-order valence-electron chi connectivity index (χ1n) is 15.5. The van der Waals surface area contributed by atoms with Gasteiger partial charge in [-0.2, -0.15) is 8.42 Å². The van der Waals surface area contributed by atoms with Gasteiger partial charge < -0.3 is 4.74 Å². The Morgan fingerprint density at radius 1 is 0.468 bits per heavy atom. The Balaban J connectivity index is 1.49. The van der Waals surface area contributed by atoms with E-state index in [1.165, 1.54) is 0 Å². The number of para-hydroxylation sites is 1. The van der Waals surface area contributed by atoms with Crippen LogP contribution >= 0.6 is 10.3 Å². The summed E-state index contributed by atoms with van der Waals surface area (Å²) < 4.78 is 42.2. The maximum absolute atomic E-state index is 14.5. The lowest BCUT2D eigenvalue weighted by molar-refractivity contribution is 0.126. The van der Waals surface area contributed by atoms with Crippen molar-refractivity contribution in [3.8, 4) is 5.75 Å². The Morgan fingerprint density at radius 2 is 0.872 bits per heavy atom. The van der Waals surface area contributed by atoms with Gasteiger partial charge in [-0.25, -0.2) is 3.63 Å². The molecule has 0 aliphatic heterocycles. The van der Waals surface area contributed by atoms with E-state index in [2.05, 4.69) is 24.3 Å². The second-order valence-electron chi connectivity index (χ2n) is 12.2. The smallest absolute Gasteiger partial charge is 0.307 e. The molecule has 6 aromatic rings. The quantitative estimate of drug-likeness (QED) is 0.137. The van der Waals surface area contributed by atoms with E-state index in [1.54, 1.807) is 12.1 Å². The minimum atomic E-state index is -4.31. The van der Waals surface area contributed by atoms with Crippen LogP contribution in [0.4, 0.5) is 0 Å². The fourth-order valence-corrected chi connectivity index (χ4v) is 11.0. The van der Waals surface area contributed by atoms with Crippen LogP contribution in [0.3, 0.4) is 0 Å². The van der Waals surface area contributed by atoms with Gasteiger partial charge in [0.25, 0.3) is 0 Å². The van der Waals surface area contributed by atoms with Crippen LogP contribution in [-0.4, -0.2) is 14.0 Å². The molecule has 0 N–H and O–H groups in total. The summed E-state index contributed by atoms with van der Waals surface area (Å²) in [5, 5.41) is 0. The number of rotatable bonds is 10. The van der Waals surface area contributed by atoms with Crippen molar-refractivity contribution in [3.05, 3.63) is 187 Å². The molecule has 0 aromatic heterocycles. The molecule has 0 saturated carbocycles. The third-order valence-corrected chi connectivity index (χ3v) is 12.9. The first-order valence-corrected chi connectivity index (χ1v) is 18.5. The zero-order valence-corrected chi connectivity index (χ0v) is 28.3. The highest BCUT2D eigenvalue weighted by Crippen LogP contribution is 2.72. The van der Waals surface area contributed by atoms with Crippen molar-refractivity contribution in [2.45, 2.75) is 51.9 Å². The molecule has 0 unspecified atom stereocenters. The summed E-state index contributed by atoms with van der Waals surface area (Å²) in [6, 6.07) is 54.3. The van der Waals surface area contributed by atoms with E-state index >= 15 is 0 Å². The van der Waals surface area contributed by atoms with Crippen LogP contribution in [-0.2, 0) is 13.7 Å². The summed E-state index contributed by atoms with van der Waals surface area (Å²) in [5.41, 5.74) is 2.70. The predicted octanol–water partition coefficient (Wildman–Crippen LogP) is 10.6. The molecule has 6 aromatic carbocycles. The number of hydrogen-bond donors (Lipinski definition) is 0. The lowest BCUT2D eigenvalue weighted by atomic mass is 9.85. The molecule has 0 heterocycles. The summed E-state index contributed by atoms with van der Waals surface area (Å²) in [7, 11) is -7.18. The van der Waals surface area contributed by atoms with E-state index in [-0.39, 0.29) is 10.8 Å². The van der Waals surface area contributed by atoms with Crippen LogP contribution in [0.5, 0.6) is 5.75 Å². The zero-order chi connectivity index (χ0) is 32.9. The minimum Gasteiger partial charge on any atom is -0.487 e. The molecule has 6 heteroatoms. The average Bonchev–Trinajstić information content (AvgIpc) is 3.09. The Labute approximate surface area is 280 Å². The number of ether oxygens (including phenoxy) is 1. The fourth-order valence-electron chi connectivity index (χ4n) is 5.70. The number of benzene rings is 6. The molecule has 0 saturated heterocycles. The van der Waals surface area contributed by atoms with Crippen LogP contribution in [0.25, 0.3) is 0 Å². The van der Waals surface area contributed by atoms with E-state index in [0.29, 0.717) is 10.6 Å². The van der Waals surface area contributed by atoms with Crippen molar-refractivity contribution in [3.63, 3.8) is 0 Å². The van der Waals surface area contributed by atoms with Crippen LogP contribution in [0, 0.1) is 0 Å². The van der Waals surface area contributed by atoms with Gasteiger partial charge >= 0.3 is 10.1 Å². The maximum atomic E-state index is 14.5. The van der Waals surface area contributed by atoms with Gasteiger partial charge in [-0.05, 0) is 96.3 Å². The maximum Gasteiger partial charge on any atom is 0.307 e. The van der Waals surface area contributed by atoms with Crippen molar-refractivity contribution in [2.75, 3.05) is 0 Å². The Kier molecular flexibility index (Phi) is 9.37. The molecular weight excluding hydrogens is 621 g/mol. The summed E-state index contributed by atoms with van der Waals surface area (Å²) in [5.74, 6) is 0.511. The topological polar surface area (TPSA) is 52.6 Å². The van der Waals surface area contributed by atoms with Gasteiger partial charge in [0.15, 0.2) is 0 Å². The molecule has 238 valence electrons. The van der Waals surface area contributed by atoms with E-state index in [9.17, 15) is 8.42 Å². The first kappa shape index (κ1) is 32.3. The van der Waals surface area contributed by atoms with Crippen molar-refractivity contribution in [2.24, 2.45) is 0 Å². The SMILES string of the molecule is CC(C)(C)Oc1ccccc1S(OS(=O)(=O)c1ccc(C(c2ccccc2)c2ccccc2)cc1)(c1ccccc1)c1ccccc1. The first-order chi connectivity index (χ1) is 22.7. The Morgan fingerprint density at radius 3 is 1.34 bits per heavy atom. The second kappa shape index (κ2) is 13.6. The van der Waals surface area contributed by atoms with Gasteiger partial charge in [-0.1, -0.05) is 121 Å². The normalized spacial score (nSPS) is 12.5. The highest BCUT2D eigenvalue weighted by Gasteiger charge is 2.40. The lowest BCUT2D eigenvalue weighted by Crippen LogP contribution is -2.24. The van der Waals surface area contributed by atoms with Crippen LogP contribution in [0.15, 0.2) is 189 Å². The highest BCUT2D eigenvalue weighted by atomic mass is 32.3. The summed E-state index contributed by atoms with van der Waals surface area (Å²) in [6.07, 6.45) is 0. The van der Waals surface area contributed by atoms with E-state index < -0.39 is 26.0 Å². The third-order valence-electron chi connectivity index (χ3n) is 7.68. The average molecular weight is 659 g/mol. The van der Waals surface area contributed by atoms with Gasteiger partial charge in [-0.3, -0.25) is 0 Å².